The van der Waals surface area contributed by atoms with Crippen molar-refractivity contribution < 1.29 is 14.3 Å². The maximum atomic E-state index is 13.1. The van der Waals surface area contributed by atoms with E-state index in [0.717, 1.165) is 15.6 Å². The van der Waals surface area contributed by atoms with Crippen molar-refractivity contribution in [2.45, 2.75) is 46.6 Å². The summed E-state index contributed by atoms with van der Waals surface area (Å²) in [5, 5.41) is 2.98. The number of hydrogen-bond acceptors (Lipinski definition) is 3. The maximum Gasteiger partial charge on any atom is 0.261 e. The summed E-state index contributed by atoms with van der Waals surface area (Å²) in [5.41, 5.74) is 2.16. The summed E-state index contributed by atoms with van der Waals surface area (Å²) in [7, 11) is 0. The minimum atomic E-state index is -0.523. The van der Waals surface area contributed by atoms with Gasteiger partial charge in [-0.1, -0.05) is 67.0 Å². The number of aryl methyl sites for hydroxylation is 1. The first-order valence-corrected chi connectivity index (χ1v) is 11.6. The molecule has 0 aliphatic rings. The number of hydrogen-bond donors (Lipinski definition) is 1. The number of ether oxygens (including phenoxy) is 1. The van der Waals surface area contributed by atoms with Gasteiger partial charge in [-0.25, -0.2) is 0 Å². The quantitative estimate of drug-likeness (QED) is 0.495. The van der Waals surface area contributed by atoms with Crippen molar-refractivity contribution in [3.63, 3.8) is 0 Å². The molecule has 1 N–H and O–H groups in total. The van der Waals surface area contributed by atoms with Crippen molar-refractivity contribution >= 4 is 27.7 Å². The molecule has 1 atom stereocenters. The summed E-state index contributed by atoms with van der Waals surface area (Å²) >= 11 is 3.47. The normalized spacial score (nSPS) is 11.8. The molecular weight excluding hydrogens is 456 g/mol. The van der Waals surface area contributed by atoms with Gasteiger partial charge in [-0.2, -0.15) is 0 Å². The first-order valence-electron chi connectivity index (χ1n) is 10.8. The lowest BCUT2D eigenvalue weighted by atomic mass is 10.1. The van der Waals surface area contributed by atoms with E-state index in [0.29, 0.717) is 37.6 Å². The molecule has 2 aromatic rings. The van der Waals surface area contributed by atoms with Crippen LogP contribution >= 0.6 is 15.9 Å². The van der Waals surface area contributed by atoms with Crippen LogP contribution in [0.15, 0.2) is 53.0 Å². The fourth-order valence-electron chi connectivity index (χ4n) is 3.25. The summed E-state index contributed by atoms with van der Waals surface area (Å²) in [6.07, 6.45) is 1.22. The van der Waals surface area contributed by atoms with Gasteiger partial charge in [0.05, 0.1) is 0 Å². The molecule has 0 heterocycles. The molecule has 0 fully saturated rings. The van der Waals surface area contributed by atoms with Gasteiger partial charge in [0, 0.05) is 17.6 Å². The number of carbonyl (C=O) groups excluding carboxylic acids is 2. The molecule has 0 bridgehead atoms. The Morgan fingerprint density at radius 1 is 1.13 bits per heavy atom. The monoisotopic (exact) mass is 488 g/mol. The number of rotatable bonds is 11. The highest BCUT2D eigenvalue weighted by Gasteiger charge is 2.28. The minimum Gasteiger partial charge on any atom is -0.484 e. The molecule has 1 unspecified atom stereocenters. The van der Waals surface area contributed by atoms with Gasteiger partial charge in [0.25, 0.3) is 5.91 Å². The lowest BCUT2D eigenvalue weighted by Crippen LogP contribution is -2.51. The average molecular weight is 489 g/mol. The first-order chi connectivity index (χ1) is 14.8. The molecular formula is C25H33BrN2O3. The Morgan fingerprint density at radius 2 is 1.84 bits per heavy atom. The van der Waals surface area contributed by atoms with E-state index in [4.69, 9.17) is 4.74 Å². The van der Waals surface area contributed by atoms with Crippen LogP contribution in [0.3, 0.4) is 0 Å². The molecule has 0 saturated heterocycles. The number of halogens is 1. The summed E-state index contributed by atoms with van der Waals surface area (Å²) in [6.45, 7) is 8.94. The highest BCUT2D eigenvalue weighted by molar-refractivity contribution is 9.10. The van der Waals surface area contributed by atoms with Crippen molar-refractivity contribution in [1.82, 2.24) is 10.2 Å². The summed E-state index contributed by atoms with van der Waals surface area (Å²) in [6, 6.07) is 15.1. The van der Waals surface area contributed by atoms with E-state index >= 15 is 0 Å². The number of benzene rings is 2. The van der Waals surface area contributed by atoms with E-state index < -0.39 is 6.04 Å². The molecule has 6 heteroatoms. The topological polar surface area (TPSA) is 58.6 Å². The van der Waals surface area contributed by atoms with Gasteiger partial charge in [0.1, 0.15) is 11.8 Å². The van der Waals surface area contributed by atoms with Crippen LogP contribution in [0.25, 0.3) is 0 Å². The Morgan fingerprint density at radius 3 is 2.45 bits per heavy atom. The molecule has 0 aliphatic carbocycles. The van der Waals surface area contributed by atoms with E-state index in [-0.39, 0.29) is 18.4 Å². The lowest BCUT2D eigenvalue weighted by molar-refractivity contribution is -0.142. The fraction of sp³-hybridized carbons (Fsp3) is 0.440. The molecule has 0 aromatic heterocycles. The second-order valence-corrected chi connectivity index (χ2v) is 8.94. The SMILES string of the molecule is CCC(C(=O)NCC(C)C)N(CCc1ccccc1)C(=O)COc1ccc(Br)c(C)c1. The van der Waals surface area contributed by atoms with E-state index in [1.807, 2.05) is 76.2 Å². The van der Waals surface area contributed by atoms with Crippen molar-refractivity contribution in [1.29, 1.82) is 0 Å². The van der Waals surface area contributed by atoms with Crippen molar-refractivity contribution in [2.75, 3.05) is 19.7 Å². The van der Waals surface area contributed by atoms with Gasteiger partial charge in [-0.3, -0.25) is 9.59 Å². The number of amides is 2. The summed E-state index contributed by atoms with van der Waals surface area (Å²) < 4.78 is 6.75. The van der Waals surface area contributed by atoms with Gasteiger partial charge in [-0.15, -0.1) is 0 Å². The second-order valence-electron chi connectivity index (χ2n) is 8.09. The van der Waals surface area contributed by atoms with E-state index in [9.17, 15) is 9.59 Å². The van der Waals surface area contributed by atoms with Gasteiger partial charge in [0.15, 0.2) is 6.61 Å². The van der Waals surface area contributed by atoms with Gasteiger partial charge in [-0.05, 0) is 55.0 Å². The predicted molar refractivity (Wildman–Crippen MR) is 128 cm³/mol. The average Bonchev–Trinajstić information content (AvgIpc) is 2.76. The number of nitrogens with zero attached hydrogens (tertiary/aromatic N) is 1. The van der Waals surface area contributed by atoms with Crippen molar-refractivity contribution in [3.8, 4) is 5.75 Å². The van der Waals surface area contributed by atoms with Crippen LogP contribution < -0.4 is 10.1 Å². The van der Waals surface area contributed by atoms with Crippen molar-refractivity contribution in [2.24, 2.45) is 5.92 Å². The van der Waals surface area contributed by atoms with Crippen LogP contribution in [0.5, 0.6) is 5.75 Å². The standard InChI is InChI=1S/C25H33BrN2O3/c1-5-23(25(30)27-16-18(2)3)28(14-13-20-9-7-6-8-10-20)24(29)17-31-21-11-12-22(26)19(4)15-21/h6-12,15,18,23H,5,13-14,16-17H2,1-4H3,(H,27,30). The molecule has 2 rings (SSSR count). The van der Waals surface area contributed by atoms with E-state index in [2.05, 4.69) is 21.2 Å². The predicted octanol–water partition coefficient (Wildman–Crippen LogP) is 4.76. The molecule has 0 spiro atoms. The zero-order valence-electron chi connectivity index (χ0n) is 18.9. The van der Waals surface area contributed by atoms with Gasteiger partial charge in [0.2, 0.25) is 5.91 Å². The zero-order chi connectivity index (χ0) is 22.8. The Balaban J connectivity index is 2.12. The van der Waals surface area contributed by atoms with Crippen LogP contribution in [-0.4, -0.2) is 42.5 Å². The first kappa shape index (κ1) is 24.9. The van der Waals surface area contributed by atoms with Crippen LogP contribution in [0.2, 0.25) is 0 Å². The van der Waals surface area contributed by atoms with E-state index in [1.54, 1.807) is 4.90 Å². The van der Waals surface area contributed by atoms with Crippen LogP contribution in [0, 0.1) is 12.8 Å². The highest BCUT2D eigenvalue weighted by atomic mass is 79.9. The largest absolute Gasteiger partial charge is 0.484 e. The van der Waals surface area contributed by atoms with Crippen LogP contribution in [0.4, 0.5) is 0 Å². The molecule has 0 saturated carbocycles. The molecule has 31 heavy (non-hydrogen) atoms. The molecule has 2 amide bonds. The molecule has 168 valence electrons. The second kappa shape index (κ2) is 12.5. The molecule has 0 aliphatic heterocycles. The third-order valence-electron chi connectivity index (χ3n) is 5.05. The van der Waals surface area contributed by atoms with E-state index in [1.165, 1.54) is 0 Å². The molecule has 0 radical (unpaired) electrons. The lowest BCUT2D eigenvalue weighted by Gasteiger charge is -2.30. The maximum absolute atomic E-state index is 13.1. The summed E-state index contributed by atoms with van der Waals surface area (Å²) in [5.74, 6) is 0.674. The van der Waals surface area contributed by atoms with Gasteiger partial charge < -0.3 is 15.0 Å². The fourth-order valence-corrected chi connectivity index (χ4v) is 3.50. The Hall–Kier alpha value is -2.34. The minimum absolute atomic E-state index is 0.107. The molecule has 5 nitrogen and oxygen atoms in total. The third-order valence-corrected chi connectivity index (χ3v) is 5.94. The Kier molecular flexibility index (Phi) is 10.0. The number of carbonyl (C=O) groups is 2. The van der Waals surface area contributed by atoms with Crippen molar-refractivity contribution in [3.05, 3.63) is 64.1 Å². The number of nitrogens with one attached hydrogen (secondary N) is 1. The third kappa shape index (κ3) is 8.02. The highest BCUT2D eigenvalue weighted by Crippen LogP contribution is 2.21. The Labute approximate surface area is 194 Å². The smallest absolute Gasteiger partial charge is 0.261 e. The van der Waals surface area contributed by atoms with Gasteiger partial charge >= 0.3 is 0 Å². The summed E-state index contributed by atoms with van der Waals surface area (Å²) in [4.78, 5) is 27.6. The zero-order valence-corrected chi connectivity index (χ0v) is 20.4. The van der Waals surface area contributed by atoms with Crippen LogP contribution in [-0.2, 0) is 16.0 Å². The molecule has 2 aromatic carbocycles. The Bertz CT molecular complexity index is 855. The van der Waals surface area contributed by atoms with Crippen LogP contribution in [0.1, 0.15) is 38.3 Å².